The molecule has 1 aliphatic carbocycles. The van der Waals surface area contributed by atoms with E-state index in [4.69, 9.17) is 9.84 Å². The highest BCUT2D eigenvalue weighted by atomic mass is 16.5. The fourth-order valence-electron chi connectivity index (χ4n) is 2.83. The van der Waals surface area contributed by atoms with Crippen molar-refractivity contribution in [1.29, 1.82) is 0 Å². The average molecular weight is 255 g/mol. The molecule has 1 saturated heterocycles. The molecule has 1 unspecified atom stereocenters. The van der Waals surface area contributed by atoms with Crippen LogP contribution in [0.2, 0.25) is 0 Å². The van der Waals surface area contributed by atoms with E-state index in [-0.39, 0.29) is 17.7 Å². The van der Waals surface area contributed by atoms with Crippen LogP contribution in [0.15, 0.2) is 0 Å². The normalized spacial score (nSPS) is 29.6. The number of hydrogen-bond acceptors (Lipinski definition) is 3. The van der Waals surface area contributed by atoms with Gasteiger partial charge in [-0.25, -0.2) is 0 Å². The molecule has 5 heteroatoms. The van der Waals surface area contributed by atoms with Gasteiger partial charge in [-0.3, -0.25) is 9.59 Å². The van der Waals surface area contributed by atoms with Gasteiger partial charge in [0.1, 0.15) is 5.60 Å². The summed E-state index contributed by atoms with van der Waals surface area (Å²) in [4.78, 5) is 22.9. The van der Waals surface area contributed by atoms with Crippen molar-refractivity contribution in [2.75, 3.05) is 13.2 Å². The van der Waals surface area contributed by atoms with E-state index in [1.807, 2.05) is 0 Å². The molecule has 5 nitrogen and oxygen atoms in total. The molecule has 2 fully saturated rings. The molecule has 0 aromatic rings. The summed E-state index contributed by atoms with van der Waals surface area (Å²) in [5, 5.41) is 11.8. The van der Waals surface area contributed by atoms with Gasteiger partial charge in [0, 0.05) is 13.2 Å². The standard InChI is InChI=1S/C13H21NO4/c1-12(4-3-7-18-12)11(17)14-9-13(5-2-6-13)8-10(15)16/h2-9H2,1H3,(H,14,17)(H,15,16). The van der Waals surface area contributed by atoms with Crippen LogP contribution in [0.3, 0.4) is 0 Å². The number of carbonyl (C=O) groups excluding carboxylic acids is 1. The molecular weight excluding hydrogens is 234 g/mol. The lowest BCUT2D eigenvalue weighted by atomic mass is 9.66. The van der Waals surface area contributed by atoms with Crippen LogP contribution < -0.4 is 5.32 Å². The predicted octanol–water partition coefficient (Wildman–Crippen LogP) is 1.32. The Morgan fingerprint density at radius 1 is 1.28 bits per heavy atom. The van der Waals surface area contributed by atoms with Gasteiger partial charge in [0.25, 0.3) is 5.91 Å². The Kier molecular flexibility index (Phi) is 3.61. The zero-order valence-corrected chi connectivity index (χ0v) is 10.8. The second kappa shape index (κ2) is 4.88. The van der Waals surface area contributed by atoms with Crippen molar-refractivity contribution in [1.82, 2.24) is 5.32 Å². The molecule has 102 valence electrons. The monoisotopic (exact) mass is 255 g/mol. The number of carbonyl (C=O) groups is 2. The minimum Gasteiger partial charge on any atom is -0.481 e. The maximum atomic E-state index is 12.1. The molecule has 2 aliphatic rings. The lowest BCUT2D eigenvalue weighted by Crippen LogP contribution is -2.50. The molecule has 0 radical (unpaired) electrons. The van der Waals surface area contributed by atoms with Crippen LogP contribution in [0.4, 0.5) is 0 Å². The van der Waals surface area contributed by atoms with Crippen LogP contribution in [0.1, 0.15) is 45.4 Å². The number of rotatable bonds is 5. The molecular formula is C13H21NO4. The van der Waals surface area contributed by atoms with Crippen LogP contribution in [-0.2, 0) is 14.3 Å². The lowest BCUT2D eigenvalue weighted by molar-refractivity contribution is -0.144. The molecule has 0 bridgehead atoms. The first-order chi connectivity index (χ1) is 8.46. The Bertz CT molecular complexity index is 343. The molecule has 1 heterocycles. The highest BCUT2D eigenvalue weighted by molar-refractivity contribution is 5.85. The van der Waals surface area contributed by atoms with E-state index in [1.165, 1.54) is 0 Å². The molecule has 0 aromatic carbocycles. The summed E-state index contributed by atoms with van der Waals surface area (Å²) >= 11 is 0. The number of amides is 1. The molecule has 1 amide bonds. The van der Waals surface area contributed by atoms with E-state index in [0.29, 0.717) is 13.2 Å². The summed E-state index contributed by atoms with van der Waals surface area (Å²) in [6.45, 7) is 2.89. The van der Waals surface area contributed by atoms with Crippen LogP contribution in [0.25, 0.3) is 0 Å². The van der Waals surface area contributed by atoms with Crippen LogP contribution in [0.5, 0.6) is 0 Å². The van der Waals surface area contributed by atoms with Crippen molar-refractivity contribution >= 4 is 11.9 Å². The third-order valence-corrected chi connectivity index (χ3v) is 4.26. The van der Waals surface area contributed by atoms with E-state index in [0.717, 1.165) is 32.1 Å². The largest absolute Gasteiger partial charge is 0.481 e. The van der Waals surface area contributed by atoms with Crippen LogP contribution >= 0.6 is 0 Å². The Hall–Kier alpha value is -1.10. The van der Waals surface area contributed by atoms with Crippen molar-refractivity contribution in [3.8, 4) is 0 Å². The summed E-state index contributed by atoms with van der Waals surface area (Å²) in [5.41, 5.74) is -0.940. The number of carboxylic acid groups (broad SMARTS) is 1. The summed E-state index contributed by atoms with van der Waals surface area (Å²) in [7, 11) is 0. The second-order valence-electron chi connectivity index (χ2n) is 5.79. The van der Waals surface area contributed by atoms with E-state index in [9.17, 15) is 9.59 Å². The van der Waals surface area contributed by atoms with Crippen molar-refractivity contribution in [2.24, 2.45) is 5.41 Å². The van der Waals surface area contributed by atoms with Gasteiger partial charge < -0.3 is 15.2 Å². The van der Waals surface area contributed by atoms with Gasteiger partial charge in [-0.05, 0) is 38.0 Å². The van der Waals surface area contributed by atoms with Crippen molar-refractivity contribution in [3.05, 3.63) is 0 Å². The van der Waals surface area contributed by atoms with Crippen molar-refractivity contribution in [3.63, 3.8) is 0 Å². The number of aliphatic carboxylic acids is 1. The Morgan fingerprint density at radius 2 is 2.00 bits per heavy atom. The fourth-order valence-corrected chi connectivity index (χ4v) is 2.83. The topological polar surface area (TPSA) is 75.6 Å². The van der Waals surface area contributed by atoms with Gasteiger partial charge >= 0.3 is 5.97 Å². The van der Waals surface area contributed by atoms with Crippen LogP contribution in [-0.4, -0.2) is 35.7 Å². The van der Waals surface area contributed by atoms with Gasteiger partial charge in [0.2, 0.25) is 0 Å². The molecule has 18 heavy (non-hydrogen) atoms. The number of nitrogens with one attached hydrogen (secondary N) is 1. The maximum absolute atomic E-state index is 12.1. The molecule has 2 N–H and O–H groups in total. The van der Waals surface area contributed by atoms with Gasteiger partial charge in [-0.1, -0.05) is 6.42 Å². The molecule has 1 atom stereocenters. The van der Waals surface area contributed by atoms with Gasteiger partial charge in [-0.2, -0.15) is 0 Å². The minimum absolute atomic E-state index is 0.100. The minimum atomic E-state index is -0.785. The summed E-state index contributed by atoms with van der Waals surface area (Å²) in [5.74, 6) is -0.885. The highest BCUT2D eigenvalue weighted by Gasteiger charge is 2.42. The highest BCUT2D eigenvalue weighted by Crippen LogP contribution is 2.43. The predicted molar refractivity (Wildman–Crippen MR) is 65.1 cm³/mol. The molecule has 1 saturated carbocycles. The Balaban J connectivity index is 1.86. The quantitative estimate of drug-likeness (QED) is 0.776. The lowest BCUT2D eigenvalue weighted by Gasteiger charge is -2.41. The number of hydrogen-bond donors (Lipinski definition) is 2. The van der Waals surface area contributed by atoms with Crippen LogP contribution in [0, 0.1) is 5.41 Å². The third kappa shape index (κ3) is 2.66. The van der Waals surface area contributed by atoms with Gasteiger partial charge in [0.15, 0.2) is 0 Å². The van der Waals surface area contributed by atoms with Crippen molar-refractivity contribution in [2.45, 2.75) is 51.0 Å². The third-order valence-electron chi connectivity index (χ3n) is 4.26. The van der Waals surface area contributed by atoms with E-state index >= 15 is 0 Å². The SMILES string of the molecule is CC1(C(=O)NCC2(CC(=O)O)CCC2)CCCO1. The maximum Gasteiger partial charge on any atom is 0.303 e. The zero-order chi connectivity index (χ0) is 13.2. The molecule has 2 rings (SSSR count). The number of ether oxygens (including phenoxy) is 1. The summed E-state index contributed by atoms with van der Waals surface area (Å²) in [6.07, 6.45) is 4.62. The first-order valence-electron chi connectivity index (χ1n) is 6.60. The summed E-state index contributed by atoms with van der Waals surface area (Å²) in [6, 6.07) is 0. The van der Waals surface area contributed by atoms with Gasteiger partial charge in [-0.15, -0.1) is 0 Å². The van der Waals surface area contributed by atoms with E-state index in [2.05, 4.69) is 5.32 Å². The smallest absolute Gasteiger partial charge is 0.303 e. The molecule has 1 aliphatic heterocycles. The zero-order valence-electron chi connectivity index (χ0n) is 10.8. The second-order valence-corrected chi connectivity index (χ2v) is 5.79. The first kappa shape index (κ1) is 13.3. The Morgan fingerprint density at radius 3 is 2.44 bits per heavy atom. The van der Waals surface area contributed by atoms with E-state index in [1.54, 1.807) is 6.92 Å². The van der Waals surface area contributed by atoms with Crippen molar-refractivity contribution < 1.29 is 19.4 Å². The fraction of sp³-hybridized carbons (Fsp3) is 0.846. The number of carboxylic acids is 1. The van der Waals surface area contributed by atoms with Gasteiger partial charge in [0.05, 0.1) is 6.42 Å². The Labute approximate surface area is 107 Å². The average Bonchev–Trinajstić information content (AvgIpc) is 2.69. The summed E-state index contributed by atoms with van der Waals surface area (Å²) < 4.78 is 5.47. The van der Waals surface area contributed by atoms with E-state index < -0.39 is 11.6 Å². The first-order valence-corrected chi connectivity index (χ1v) is 6.60. The molecule has 0 spiro atoms. The molecule has 0 aromatic heterocycles.